The van der Waals surface area contributed by atoms with Crippen LogP contribution in [0, 0.1) is 5.92 Å². The molecule has 1 fully saturated rings. The molecule has 0 aromatic carbocycles. The molecular weight excluding hydrogens is 318 g/mol. The molecule has 7 heteroatoms. The fourth-order valence-corrected chi connectivity index (χ4v) is 2.87. The van der Waals surface area contributed by atoms with E-state index in [0.717, 1.165) is 12.8 Å². The highest BCUT2D eigenvalue weighted by Crippen LogP contribution is 2.20. The largest absolute Gasteiger partial charge is 0.383 e. The first kappa shape index (κ1) is 17.7. The van der Waals surface area contributed by atoms with E-state index in [1.807, 2.05) is 0 Å². The molecule has 0 aliphatic carbocycles. The molecule has 0 spiro atoms. The van der Waals surface area contributed by atoms with E-state index in [0.29, 0.717) is 43.4 Å². The highest BCUT2D eigenvalue weighted by Gasteiger charge is 2.25. The molecule has 2 rings (SSSR count). The molecule has 1 saturated heterocycles. The lowest BCUT2D eigenvalue weighted by atomic mass is 10.00. The Morgan fingerprint density at radius 1 is 1.43 bits per heavy atom. The normalized spacial score (nSPS) is 18.3. The number of pyridine rings is 1. The molecule has 1 aromatic rings. The van der Waals surface area contributed by atoms with E-state index in [2.05, 4.69) is 10.3 Å². The number of likely N-dealkylation sites (tertiary alicyclic amines) is 1. The standard InChI is InChI=1S/C16H22ClN3O3/c1-23-10-7-19-15(21)12-3-2-8-20(9-5-12)16(22)13-4-6-18-14(17)11-13/h4,6,11-12H,2-3,5,7-10H2,1H3,(H,19,21). The van der Waals surface area contributed by atoms with Crippen molar-refractivity contribution >= 4 is 23.4 Å². The number of rotatable bonds is 5. The van der Waals surface area contributed by atoms with Crippen molar-refractivity contribution in [2.45, 2.75) is 19.3 Å². The summed E-state index contributed by atoms with van der Waals surface area (Å²) in [6, 6.07) is 3.23. The van der Waals surface area contributed by atoms with Crippen LogP contribution in [0.4, 0.5) is 0 Å². The van der Waals surface area contributed by atoms with Gasteiger partial charge in [-0.1, -0.05) is 11.6 Å². The minimum atomic E-state index is -0.0604. The topological polar surface area (TPSA) is 71.5 Å². The van der Waals surface area contributed by atoms with Crippen molar-refractivity contribution in [3.8, 4) is 0 Å². The molecule has 2 heterocycles. The van der Waals surface area contributed by atoms with E-state index in [1.54, 1.807) is 24.1 Å². The zero-order valence-corrected chi connectivity index (χ0v) is 14.0. The Bertz CT molecular complexity index is 553. The van der Waals surface area contributed by atoms with Crippen molar-refractivity contribution < 1.29 is 14.3 Å². The minimum Gasteiger partial charge on any atom is -0.383 e. The van der Waals surface area contributed by atoms with Crippen molar-refractivity contribution in [2.24, 2.45) is 5.92 Å². The van der Waals surface area contributed by atoms with Gasteiger partial charge < -0.3 is 15.0 Å². The quantitative estimate of drug-likeness (QED) is 0.655. The lowest BCUT2D eigenvalue weighted by molar-refractivity contribution is -0.125. The van der Waals surface area contributed by atoms with Gasteiger partial charge >= 0.3 is 0 Å². The number of methoxy groups -OCH3 is 1. The van der Waals surface area contributed by atoms with Crippen LogP contribution in [0.3, 0.4) is 0 Å². The van der Waals surface area contributed by atoms with E-state index in [4.69, 9.17) is 16.3 Å². The van der Waals surface area contributed by atoms with Crippen molar-refractivity contribution in [1.82, 2.24) is 15.2 Å². The Morgan fingerprint density at radius 2 is 2.26 bits per heavy atom. The first-order valence-corrected chi connectivity index (χ1v) is 8.17. The number of hydrogen-bond acceptors (Lipinski definition) is 4. The third-order valence-corrected chi connectivity index (χ3v) is 4.17. The van der Waals surface area contributed by atoms with Crippen molar-refractivity contribution in [3.05, 3.63) is 29.0 Å². The summed E-state index contributed by atoms with van der Waals surface area (Å²) in [7, 11) is 1.60. The summed E-state index contributed by atoms with van der Waals surface area (Å²) < 4.78 is 4.93. The second-order valence-electron chi connectivity index (χ2n) is 5.57. The van der Waals surface area contributed by atoms with E-state index in [-0.39, 0.29) is 17.7 Å². The Hall–Kier alpha value is -1.66. The number of nitrogens with one attached hydrogen (secondary N) is 1. The maximum absolute atomic E-state index is 12.5. The second-order valence-corrected chi connectivity index (χ2v) is 5.96. The second kappa shape index (κ2) is 8.84. The van der Waals surface area contributed by atoms with Crippen molar-refractivity contribution in [1.29, 1.82) is 0 Å². The van der Waals surface area contributed by atoms with Gasteiger partial charge in [-0.05, 0) is 31.4 Å². The molecule has 0 radical (unpaired) electrons. The fourth-order valence-electron chi connectivity index (χ4n) is 2.70. The molecule has 1 aliphatic heterocycles. The SMILES string of the molecule is COCCNC(=O)C1CCCN(C(=O)c2ccnc(Cl)c2)CC1. The highest BCUT2D eigenvalue weighted by atomic mass is 35.5. The first-order chi connectivity index (χ1) is 11.1. The van der Waals surface area contributed by atoms with Gasteiger partial charge in [-0.2, -0.15) is 0 Å². The third kappa shape index (κ3) is 5.18. The van der Waals surface area contributed by atoms with Crippen molar-refractivity contribution in [3.63, 3.8) is 0 Å². The fraction of sp³-hybridized carbons (Fsp3) is 0.562. The summed E-state index contributed by atoms with van der Waals surface area (Å²) >= 11 is 5.84. The monoisotopic (exact) mass is 339 g/mol. The Labute approximate surface area is 141 Å². The lowest BCUT2D eigenvalue weighted by Crippen LogP contribution is -2.35. The molecule has 126 valence electrons. The van der Waals surface area contributed by atoms with Gasteiger partial charge in [0.05, 0.1) is 6.61 Å². The molecule has 23 heavy (non-hydrogen) atoms. The summed E-state index contributed by atoms with van der Waals surface area (Å²) in [6.07, 6.45) is 3.80. The van der Waals surface area contributed by atoms with Crippen LogP contribution < -0.4 is 5.32 Å². The molecule has 1 atom stereocenters. The predicted molar refractivity (Wildman–Crippen MR) is 87.4 cm³/mol. The number of carbonyl (C=O) groups is 2. The van der Waals surface area contributed by atoms with E-state index < -0.39 is 0 Å². The molecule has 2 amide bonds. The number of carbonyl (C=O) groups excluding carboxylic acids is 2. The van der Waals surface area contributed by atoms with E-state index in [9.17, 15) is 9.59 Å². The summed E-state index contributed by atoms with van der Waals surface area (Å²) in [5.74, 6) is -0.0660. The average Bonchev–Trinajstić information content (AvgIpc) is 2.80. The average molecular weight is 340 g/mol. The molecule has 0 saturated carbocycles. The van der Waals surface area contributed by atoms with Gasteiger partial charge in [0.2, 0.25) is 5.91 Å². The van der Waals surface area contributed by atoms with Crippen LogP contribution in [-0.4, -0.2) is 55.0 Å². The van der Waals surface area contributed by atoms with Crippen molar-refractivity contribution in [2.75, 3.05) is 33.4 Å². The molecule has 1 aliphatic rings. The minimum absolute atomic E-state index is 0.0447. The molecule has 1 N–H and O–H groups in total. The summed E-state index contributed by atoms with van der Waals surface area (Å²) in [5, 5.41) is 3.18. The van der Waals surface area contributed by atoms with Crippen LogP contribution in [0.2, 0.25) is 5.15 Å². The molecule has 1 aromatic heterocycles. The van der Waals surface area contributed by atoms with Crippen LogP contribution in [0.25, 0.3) is 0 Å². The van der Waals surface area contributed by atoms with E-state index >= 15 is 0 Å². The lowest BCUT2D eigenvalue weighted by Gasteiger charge is -2.20. The van der Waals surface area contributed by atoms with Gasteiger partial charge in [0, 0.05) is 44.4 Å². The van der Waals surface area contributed by atoms with Gasteiger partial charge in [-0.15, -0.1) is 0 Å². The molecule has 0 bridgehead atoms. The number of hydrogen-bond donors (Lipinski definition) is 1. The predicted octanol–water partition coefficient (Wildman–Crippen LogP) is 1.74. The van der Waals surface area contributed by atoms with Gasteiger partial charge in [0.25, 0.3) is 5.91 Å². The van der Waals surface area contributed by atoms with Crippen LogP contribution in [0.1, 0.15) is 29.6 Å². The van der Waals surface area contributed by atoms with Gasteiger partial charge in [0.15, 0.2) is 0 Å². The maximum atomic E-state index is 12.5. The smallest absolute Gasteiger partial charge is 0.254 e. The van der Waals surface area contributed by atoms with Crippen LogP contribution in [-0.2, 0) is 9.53 Å². The van der Waals surface area contributed by atoms with Gasteiger partial charge in [-0.3, -0.25) is 9.59 Å². The number of aromatic nitrogens is 1. The maximum Gasteiger partial charge on any atom is 0.254 e. The molecule has 1 unspecified atom stereocenters. The highest BCUT2D eigenvalue weighted by molar-refractivity contribution is 6.29. The van der Waals surface area contributed by atoms with E-state index in [1.165, 1.54) is 6.20 Å². The van der Waals surface area contributed by atoms with Gasteiger partial charge in [0.1, 0.15) is 5.15 Å². The summed E-state index contributed by atoms with van der Waals surface area (Å²) in [6.45, 7) is 2.25. The summed E-state index contributed by atoms with van der Waals surface area (Å²) in [5.41, 5.74) is 0.535. The van der Waals surface area contributed by atoms with Crippen LogP contribution in [0.5, 0.6) is 0 Å². The molecular formula is C16H22ClN3O3. The third-order valence-electron chi connectivity index (χ3n) is 3.97. The Balaban J connectivity index is 1.90. The molecule has 6 nitrogen and oxygen atoms in total. The zero-order valence-electron chi connectivity index (χ0n) is 13.3. The first-order valence-electron chi connectivity index (χ1n) is 7.79. The van der Waals surface area contributed by atoms with Crippen LogP contribution in [0.15, 0.2) is 18.3 Å². The zero-order chi connectivity index (χ0) is 16.7. The number of halogens is 1. The number of nitrogens with zero attached hydrogens (tertiary/aromatic N) is 2. The Kier molecular flexibility index (Phi) is 6.80. The number of ether oxygens (including phenoxy) is 1. The van der Waals surface area contributed by atoms with Crippen LogP contribution >= 0.6 is 11.6 Å². The Morgan fingerprint density at radius 3 is 3.00 bits per heavy atom. The number of amides is 2. The van der Waals surface area contributed by atoms with Gasteiger partial charge in [-0.25, -0.2) is 4.98 Å². The summed E-state index contributed by atoms with van der Waals surface area (Å²) in [4.78, 5) is 30.3.